The highest BCUT2D eigenvalue weighted by Crippen LogP contribution is 2.36. The van der Waals surface area contributed by atoms with Gasteiger partial charge in [0.2, 0.25) is 5.75 Å². The maximum Gasteiger partial charge on any atom is 0.200 e. The van der Waals surface area contributed by atoms with E-state index in [1.165, 1.54) is 89.5 Å². The summed E-state index contributed by atoms with van der Waals surface area (Å²) in [5, 5.41) is 19.7. The topological polar surface area (TPSA) is 49.7 Å². The number of para-hydroxylation sites is 1. The van der Waals surface area contributed by atoms with Crippen molar-refractivity contribution in [1.82, 2.24) is 0 Å². The Balaban J connectivity index is 2.28. The van der Waals surface area contributed by atoms with Crippen molar-refractivity contribution in [3.63, 3.8) is 0 Å². The summed E-state index contributed by atoms with van der Waals surface area (Å²) >= 11 is 0. The minimum Gasteiger partial charge on any atom is -0.504 e. The molecule has 0 radical (unpaired) electrons. The van der Waals surface area contributed by atoms with E-state index in [9.17, 15) is 10.2 Å². The highest BCUT2D eigenvalue weighted by molar-refractivity contribution is 5.48. The fraction of sp³-hybridized carbons (Fsp3) is 0.760. The zero-order valence-corrected chi connectivity index (χ0v) is 18.4. The predicted octanol–water partition coefficient (Wildman–Crippen LogP) is 8.13. The van der Waals surface area contributed by atoms with E-state index in [0.29, 0.717) is 5.75 Å². The van der Waals surface area contributed by atoms with Crippen LogP contribution < -0.4 is 4.74 Å². The van der Waals surface area contributed by atoms with Gasteiger partial charge < -0.3 is 14.9 Å². The fourth-order valence-electron chi connectivity index (χ4n) is 3.71. The zero-order valence-electron chi connectivity index (χ0n) is 18.4. The number of aromatic hydroxyl groups is 2. The molecular weight excluding hydrogens is 348 g/mol. The van der Waals surface area contributed by atoms with Crippen molar-refractivity contribution in [3.8, 4) is 17.2 Å². The van der Waals surface area contributed by atoms with Crippen molar-refractivity contribution in [2.24, 2.45) is 0 Å². The number of hydrogen-bond acceptors (Lipinski definition) is 3. The van der Waals surface area contributed by atoms with Crippen LogP contribution in [0.25, 0.3) is 0 Å². The third kappa shape index (κ3) is 11.5. The molecule has 0 saturated heterocycles. The molecule has 0 heterocycles. The lowest BCUT2D eigenvalue weighted by Crippen LogP contribution is -2.16. The van der Waals surface area contributed by atoms with Crippen molar-refractivity contribution in [3.05, 3.63) is 18.2 Å². The Morgan fingerprint density at radius 2 is 1.14 bits per heavy atom. The first-order valence-electron chi connectivity index (χ1n) is 11.9. The second kappa shape index (κ2) is 16.6. The first-order valence-corrected chi connectivity index (χ1v) is 11.9. The summed E-state index contributed by atoms with van der Waals surface area (Å²) in [4.78, 5) is 0. The van der Waals surface area contributed by atoms with E-state index in [1.807, 2.05) is 0 Å². The molecule has 0 aliphatic carbocycles. The van der Waals surface area contributed by atoms with E-state index < -0.39 is 0 Å². The Morgan fingerprint density at radius 3 is 1.68 bits per heavy atom. The molecule has 0 spiro atoms. The zero-order chi connectivity index (χ0) is 20.5. The van der Waals surface area contributed by atoms with Gasteiger partial charge in [-0.1, -0.05) is 97.0 Å². The van der Waals surface area contributed by atoms with Gasteiger partial charge in [-0.25, -0.2) is 0 Å². The summed E-state index contributed by atoms with van der Waals surface area (Å²) < 4.78 is 6.08. The van der Waals surface area contributed by atoms with E-state index in [1.54, 1.807) is 12.1 Å². The van der Waals surface area contributed by atoms with Crippen LogP contribution in [0.5, 0.6) is 17.2 Å². The highest BCUT2D eigenvalue weighted by Gasteiger charge is 2.14. The van der Waals surface area contributed by atoms with Gasteiger partial charge in [-0.3, -0.25) is 0 Å². The van der Waals surface area contributed by atoms with Gasteiger partial charge in [0, 0.05) is 0 Å². The molecule has 0 bridgehead atoms. The van der Waals surface area contributed by atoms with E-state index in [-0.39, 0.29) is 17.6 Å². The molecule has 2 N–H and O–H groups in total. The number of ether oxygens (including phenoxy) is 1. The van der Waals surface area contributed by atoms with Crippen LogP contribution in [0.4, 0.5) is 0 Å². The van der Waals surface area contributed by atoms with Gasteiger partial charge in [0.05, 0.1) is 6.10 Å². The van der Waals surface area contributed by atoms with E-state index in [4.69, 9.17) is 4.74 Å². The van der Waals surface area contributed by atoms with Gasteiger partial charge in [-0.15, -0.1) is 0 Å². The third-order valence-corrected chi connectivity index (χ3v) is 5.53. The number of phenolic OH excluding ortho intramolecular Hbond substituents is 2. The van der Waals surface area contributed by atoms with Crippen LogP contribution in [-0.2, 0) is 0 Å². The Bertz CT molecular complexity index is 487. The predicted molar refractivity (Wildman–Crippen MR) is 119 cm³/mol. The molecule has 162 valence electrons. The largest absolute Gasteiger partial charge is 0.504 e. The molecule has 0 saturated carbocycles. The van der Waals surface area contributed by atoms with Crippen molar-refractivity contribution < 1.29 is 14.9 Å². The van der Waals surface area contributed by atoms with Crippen LogP contribution in [-0.4, -0.2) is 16.3 Å². The third-order valence-electron chi connectivity index (χ3n) is 5.53. The molecule has 0 aliphatic rings. The van der Waals surface area contributed by atoms with Crippen LogP contribution in [0, 0.1) is 0 Å². The minimum atomic E-state index is -0.135. The molecule has 1 aromatic carbocycles. The fourth-order valence-corrected chi connectivity index (χ4v) is 3.71. The smallest absolute Gasteiger partial charge is 0.200 e. The van der Waals surface area contributed by atoms with Crippen molar-refractivity contribution in [1.29, 1.82) is 0 Å². The summed E-state index contributed by atoms with van der Waals surface area (Å²) in [6.07, 6.45) is 20.4. The van der Waals surface area contributed by atoms with E-state index in [2.05, 4.69) is 13.8 Å². The molecule has 1 rings (SSSR count). The molecule has 1 aromatic rings. The lowest BCUT2D eigenvalue weighted by atomic mass is 10.0. The summed E-state index contributed by atoms with van der Waals surface area (Å²) in [6.45, 7) is 4.49. The Morgan fingerprint density at radius 1 is 0.679 bits per heavy atom. The van der Waals surface area contributed by atoms with Crippen molar-refractivity contribution in [2.75, 3.05) is 0 Å². The van der Waals surface area contributed by atoms with Crippen LogP contribution in [0.15, 0.2) is 18.2 Å². The SMILES string of the molecule is CCCCCCCCCCCCC(CCCCCC)Oc1cccc(O)c1O. The first-order chi connectivity index (χ1) is 13.7. The van der Waals surface area contributed by atoms with Gasteiger partial charge in [-0.05, 0) is 37.8 Å². The van der Waals surface area contributed by atoms with Crippen molar-refractivity contribution >= 4 is 0 Å². The minimum absolute atomic E-state index is 0.110. The molecule has 3 heteroatoms. The lowest BCUT2D eigenvalue weighted by molar-refractivity contribution is 0.165. The monoisotopic (exact) mass is 392 g/mol. The van der Waals surface area contributed by atoms with Crippen LogP contribution in [0.3, 0.4) is 0 Å². The number of unbranched alkanes of at least 4 members (excludes halogenated alkanes) is 12. The maximum atomic E-state index is 10.0. The summed E-state index contributed by atoms with van der Waals surface area (Å²) in [7, 11) is 0. The average Bonchev–Trinajstić information content (AvgIpc) is 2.69. The summed E-state index contributed by atoms with van der Waals surface area (Å²) in [5.74, 6) is 0.165. The Labute approximate surface area is 173 Å². The molecular formula is C25H44O3. The maximum absolute atomic E-state index is 10.0. The van der Waals surface area contributed by atoms with Gasteiger partial charge in [0.25, 0.3) is 0 Å². The second-order valence-corrected chi connectivity index (χ2v) is 8.18. The molecule has 28 heavy (non-hydrogen) atoms. The van der Waals surface area contributed by atoms with Crippen LogP contribution in [0.1, 0.15) is 117 Å². The normalized spacial score (nSPS) is 12.2. The molecule has 0 aromatic heterocycles. The van der Waals surface area contributed by atoms with Gasteiger partial charge in [-0.2, -0.15) is 0 Å². The highest BCUT2D eigenvalue weighted by atomic mass is 16.5. The number of hydrogen-bond donors (Lipinski definition) is 2. The summed E-state index contributed by atoms with van der Waals surface area (Å²) in [5.41, 5.74) is 0. The molecule has 0 fully saturated rings. The molecule has 1 unspecified atom stereocenters. The van der Waals surface area contributed by atoms with Crippen LogP contribution in [0.2, 0.25) is 0 Å². The molecule has 3 nitrogen and oxygen atoms in total. The quantitative estimate of drug-likeness (QED) is 0.196. The van der Waals surface area contributed by atoms with Gasteiger partial charge in [0.1, 0.15) is 0 Å². The number of phenols is 2. The van der Waals surface area contributed by atoms with Gasteiger partial charge >= 0.3 is 0 Å². The standard InChI is InChI=1S/C25H44O3/c1-3-5-7-9-10-11-12-13-14-16-19-22(18-15-8-6-4-2)28-24-21-17-20-23(26)25(24)27/h17,20-22,26-27H,3-16,18-19H2,1-2H3. The molecule has 1 atom stereocenters. The van der Waals surface area contributed by atoms with Crippen molar-refractivity contribution in [2.45, 2.75) is 123 Å². The molecule has 0 aliphatic heterocycles. The lowest BCUT2D eigenvalue weighted by Gasteiger charge is -2.20. The van der Waals surface area contributed by atoms with E-state index in [0.717, 1.165) is 19.3 Å². The van der Waals surface area contributed by atoms with Crippen LogP contribution >= 0.6 is 0 Å². The number of rotatable bonds is 18. The van der Waals surface area contributed by atoms with E-state index >= 15 is 0 Å². The average molecular weight is 393 g/mol. The second-order valence-electron chi connectivity index (χ2n) is 8.18. The Kier molecular flexibility index (Phi) is 14.6. The molecule has 0 amide bonds. The number of benzene rings is 1. The summed E-state index contributed by atoms with van der Waals surface area (Å²) in [6, 6.07) is 4.95. The first kappa shape index (κ1) is 24.7. The van der Waals surface area contributed by atoms with Gasteiger partial charge in [0.15, 0.2) is 11.5 Å². The Hall–Kier alpha value is -1.38.